The fraction of sp³-hybridized carbons (Fsp3) is 0.222. The maximum Gasteiger partial charge on any atom is 0.263 e. The molecule has 0 aliphatic heterocycles. The van der Waals surface area contributed by atoms with Crippen LogP contribution in [0.25, 0.3) is 11.0 Å². The summed E-state index contributed by atoms with van der Waals surface area (Å²) in [4.78, 5) is 16.8. The summed E-state index contributed by atoms with van der Waals surface area (Å²) in [7, 11) is 0. The lowest BCUT2D eigenvalue weighted by molar-refractivity contribution is 0.0964. The van der Waals surface area contributed by atoms with E-state index in [-0.39, 0.29) is 5.91 Å². The number of hydrogen-bond donors (Lipinski definition) is 0. The number of carbonyl (C=O) groups is 1. The van der Waals surface area contributed by atoms with Crippen LogP contribution in [0.4, 0.5) is 0 Å². The van der Waals surface area contributed by atoms with E-state index in [1.165, 1.54) is 0 Å². The molecule has 3 aromatic rings. The molecule has 1 aromatic heterocycles. The molecule has 112 valence electrons. The average Bonchev–Trinajstić information content (AvgIpc) is 2.99. The van der Waals surface area contributed by atoms with Crippen LogP contribution in [0.2, 0.25) is 0 Å². The van der Waals surface area contributed by atoms with E-state index in [1.807, 2.05) is 36.4 Å². The van der Waals surface area contributed by atoms with Gasteiger partial charge in [0.15, 0.2) is 0 Å². The first-order valence-corrected chi connectivity index (χ1v) is 7.49. The molecule has 0 radical (unpaired) electrons. The molecular weight excluding hydrogens is 276 g/mol. The lowest BCUT2D eigenvalue weighted by Gasteiger charge is -2.07. The standard InChI is InChI=1S/C18H18N2O2/c1-2-3-12-22-15-10-8-14(9-11-15)18(21)20-13-19-16-6-4-5-7-17(16)20/h4-11,13H,2-3,12H2,1H3. The number of unbranched alkanes of at least 4 members (excludes halogenated alkanes) is 1. The number of para-hydroxylation sites is 2. The number of fused-ring (bicyclic) bond motifs is 1. The summed E-state index contributed by atoms with van der Waals surface area (Å²) in [5.41, 5.74) is 2.25. The van der Waals surface area contributed by atoms with Crippen molar-refractivity contribution in [1.82, 2.24) is 9.55 Å². The molecule has 1 heterocycles. The third-order valence-corrected chi connectivity index (χ3v) is 3.54. The molecule has 0 atom stereocenters. The Morgan fingerprint density at radius 1 is 1.14 bits per heavy atom. The third-order valence-electron chi connectivity index (χ3n) is 3.54. The number of ether oxygens (including phenoxy) is 1. The van der Waals surface area contributed by atoms with Gasteiger partial charge in [0.1, 0.15) is 12.1 Å². The highest BCUT2D eigenvalue weighted by Gasteiger charge is 2.12. The van der Waals surface area contributed by atoms with Crippen molar-refractivity contribution in [3.8, 4) is 5.75 Å². The SMILES string of the molecule is CCCCOc1ccc(C(=O)n2cnc3ccccc32)cc1. The van der Waals surface area contributed by atoms with Gasteiger partial charge in [-0.1, -0.05) is 25.5 Å². The Balaban J connectivity index is 1.80. The molecule has 4 nitrogen and oxygen atoms in total. The largest absolute Gasteiger partial charge is 0.494 e. The summed E-state index contributed by atoms with van der Waals surface area (Å²) < 4.78 is 7.18. The van der Waals surface area contributed by atoms with Crippen LogP contribution in [0.15, 0.2) is 54.9 Å². The van der Waals surface area contributed by atoms with Gasteiger partial charge in [0, 0.05) is 5.56 Å². The third kappa shape index (κ3) is 2.86. The zero-order valence-corrected chi connectivity index (χ0v) is 12.5. The molecule has 2 aromatic carbocycles. The van der Waals surface area contributed by atoms with E-state index in [1.54, 1.807) is 23.0 Å². The molecule has 0 aliphatic rings. The molecule has 0 amide bonds. The average molecular weight is 294 g/mol. The highest BCUT2D eigenvalue weighted by Crippen LogP contribution is 2.17. The second kappa shape index (κ2) is 6.43. The first-order chi connectivity index (χ1) is 10.8. The van der Waals surface area contributed by atoms with Crippen molar-refractivity contribution in [2.75, 3.05) is 6.61 Å². The minimum absolute atomic E-state index is 0.0891. The summed E-state index contributed by atoms with van der Waals surface area (Å²) in [6.07, 6.45) is 3.70. The maximum absolute atomic E-state index is 12.6. The van der Waals surface area contributed by atoms with Crippen molar-refractivity contribution >= 4 is 16.9 Å². The highest BCUT2D eigenvalue weighted by atomic mass is 16.5. The van der Waals surface area contributed by atoms with Crippen LogP contribution in [-0.4, -0.2) is 22.1 Å². The van der Waals surface area contributed by atoms with Crippen LogP contribution >= 0.6 is 0 Å². The molecule has 3 rings (SSSR count). The minimum Gasteiger partial charge on any atom is -0.494 e. The topological polar surface area (TPSA) is 44.1 Å². The first-order valence-electron chi connectivity index (χ1n) is 7.49. The first kappa shape index (κ1) is 14.3. The van der Waals surface area contributed by atoms with Gasteiger partial charge in [-0.2, -0.15) is 0 Å². The summed E-state index contributed by atoms with van der Waals surface area (Å²) in [5.74, 6) is 0.703. The van der Waals surface area contributed by atoms with Gasteiger partial charge in [-0.15, -0.1) is 0 Å². The van der Waals surface area contributed by atoms with Crippen molar-refractivity contribution in [1.29, 1.82) is 0 Å². The Morgan fingerprint density at radius 2 is 1.91 bits per heavy atom. The zero-order valence-electron chi connectivity index (χ0n) is 12.5. The van der Waals surface area contributed by atoms with E-state index in [9.17, 15) is 4.79 Å². The van der Waals surface area contributed by atoms with Crippen molar-refractivity contribution in [2.24, 2.45) is 0 Å². The van der Waals surface area contributed by atoms with Crippen LogP contribution < -0.4 is 4.74 Å². The van der Waals surface area contributed by atoms with Gasteiger partial charge in [-0.25, -0.2) is 4.98 Å². The Labute approximate surface area is 129 Å². The fourth-order valence-corrected chi connectivity index (χ4v) is 2.29. The number of benzene rings is 2. The molecule has 0 aliphatic carbocycles. The van der Waals surface area contributed by atoms with E-state index >= 15 is 0 Å². The van der Waals surface area contributed by atoms with E-state index in [4.69, 9.17) is 4.74 Å². The predicted octanol–water partition coefficient (Wildman–Crippen LogP) is 3.90. The zero-order chi connectivity index (χ0) is 15.4. The lowest BCUT2D eigenvalue weighted by Crippen LogP contribution is -2.10. The number of aromatic nitrogens is 2. The summed E-state index contributed by atoms with van der Waals surface area (Å²) >= 11 is 0. The Bertz CT molecular complexity index is 775. The van der Waals surface area contributed by atoms with Gasteiger partial charge >= 0.3 is 0 Å². The van der Waals surface area contributed by atoms with Gasteiger partial charge in [0.05, 0.1) is 17.6 Å². The Hall–Kier alpha value is -2.62. The Kier molecular flexibility index (Phi) is 4.19. The molecule has 0 fully saturated rings. The second-order valence-corrected chi connectivity index (χ2v) is 5.13. The monoisotopic (exact) mass is 294 g/mol. The summed E-state index contributed by atoms with van der Waals surface area (Å²) in [6, 6.07) is 14.8. The molecule has 0 unspecified atom stereocenters. The van der Waals surface area contributed by atoms with Crippen molar-refractivity contribution in [3.05, 3.63) is 60.4 Å². The van der Waals surface area contributed by atoms with Gasteiger partial charge < -0.3 is 4.74 Å². The van der Waals surface area contributed by atoms with E-state index < -0.39 is 0 Å². The van der Waals surface area contributed by atoms with Gasteiger partial charge in [-0.3, -0.25) is 9.36 Å². The van der Waals surface area contributed by atoms with Crippen LogP contribution in [0.3, 0.4) is 0 Å². The number of rotatable bonds is 5. The van der Waals surface area contributed by atoms with Gasteiger partial charge in [-0.05, 0) is 42.8 Å². The smallest absolute Gasteiger partial charge is 0.263 e. The molecular formula is C18H18N2O2. The number of carbonyl (C=O) groups excluding carboxylic acids is 1. The number of imidazole rings is 1. The fourth-order valence-electron chi connectivity index (χ4n) is 2.29. The predicted molar refractivity (Wildman–Crippen MR) is 86.3 cm³/mol. The van der Waals surface area contributed by atoms with E-state index in [2.05, 4.69) is 11.9 Å². The highest BCUT2D eigenvalue weighted by molar-refractivity contribution is 6.01. The van der Waals surface area contributed by atoms with Crippen molar-refractivity contribution in [2.45, 2.75) is 19.8 Å². The van der Waals surface area contributed by atoms with Crippen LogP contribution in [0.5, 0.6) is 5.75 Å². The van der Waals surface area contributed by atoms with Gasteiger partial charge in [0.25, 0.3) is 5.91 Å². The van der Waals surface area contributed by atoms with Crippen LogP contribution in [0.1, 0.15) is 30.1 Å². The summed E-state index contributed by atoms with van der Waals surface area (Å²) in [5, 5.41) is 0. The Morgan fingerprint density at radius 3 is 2.68 bits per heavy atom. The molecule has 4 heteroatoms. The van der Waals surface area contributed by atoms with Crippen LogP contribution in [0, 0.1) is 0 Å². The number of hydrogen-bond acceptors (Lipinski definition) is 3. The van der Waals surface area contributed by atoms with Gasteiger partial charge in [0.2, 0.25) is 0 Å². The molecule has 0 saturated carbocycles. The molecule has 0 saturated heterocycles. The summed E-state index contributed by atoms with van der Waals surface area (Å²) in [6.45, 7) is 2.83. The van der Waals surface area contributed by atoms with Crippen molar-refractivity contribution in [3.63, 3.8) is 0 Å². The quantitative estimate of drug-likeness (QED) is 0.670. The van der Waals surface area contributed by atoms with Crippen molar-refractivity contribution < 1.29 is 9.53 Å². The normalized spacial score (nSPS) is 10.8. The lowest BCUT2D eigenvalue weighted by atomic mass is 10.2. The maximum atomic E-state index is 12.6. The molecule has 22 heavy (non-hydrogen) atoms. The van der Waals surface area contributed by atoms with E-state index in [0.29, 0.717) is 12.2 Å². The second-order valence-electron chi connectivity index (χ2n) is 5.13. The van der Waals surface area contributed by atoms with E-state index in [0.717, 1.165) is 29.6 Å². The minimum atomic E-state index is -0.0891. The molecule has 0 N–H and O–H groups in total. The molecule has 0 bridgehead atoms. The van der Waals surface area contributed by atoms with Crippen LogP contribution in [-0.2, 0) is 0 Å². The molecule has 0 spiro atoms. The number of nitrogens with zero attached hydrogens (tertiary/aromatic N) is 2.